The van der Waals surface area contributed by atoms with Crippen molar-refractivity contribution in [1.29, 1.82) is 0 Å². The average molecular weight is 587 g/mol. The summed E-state index contributed by atoms with van der Waals surface area (Å²) in [5.41, 5.74) is 1.72. The van der Waals surface area contributed by atoms with Gasteiger partial charge in [0.15, 0.2) is 0 Å². The highest BCUT2D eigenvalue weighted by atomic mass is 35.5. The van der Waals surface area contributed by atoms with Crippen LogP contribution in [-0.2, 0) is 16.2 Å². The molecule has 3 heterocycles. The third-order valence-electron chi connectivity index (χ3n) is 6.50. The summed E-state index contributed by atoms with van der Waals surface area (Å²) in [6.07, 6.45) is 0. The van der Waals surface area contributed by atoms with Crippen LogP contribution in [-0.4, -0.2) is 22.0 Å². The standard InChI is InChI=1S/C27H17Cl2FN2O4S2/c28-14-3-1-2-13(10-14)12-36-19-9-4-15(29)11-18(19)20-21-23(37-24-22(20)38-27(35)31-24)26(34)32(25(21)33)17-7-5-16(30)6-8-17/h1-11,20-21,23H,12H2,(H,31,35)/t20-,21-,23+/m0/s1. The van der Waals surface area contributed by atoms with Crippen molar-refractivity contribution >= 4 is 63.8 Å². The number of ether oxygens (including phenoxy) is 1. The number of anilines is 1. The zero-order valence-electron chi connectivity index (χ0n) is 19.3. The van der Waals surface area contributed by atoms with Crippen molar-refractivity contribution in [3.63, 3.8) is 0 Å². The molecule has 192 valence electrons. The van der Waals surface area contributed by atoms with E-state index in [1.165, 1.54) is 24.3 Å². The number of nitrogens with zero attached hydrogens (tertiary/aromatic N) is 1. The van der Waals surface area contributed by atoms with E-state index in [0.29, 0.717) is 31.3 Å². The predicted octanol–water partition coefficient (Wildman–Crippen LogP) is 6.26. The van der Waals surface area contributed by atoms with Crippen molar-refractivity contribution in [3.8, 4) is 5.75 Å². The topological polar surface area (TPSA) is 79.5 Å². The first kappa shape index (κ1) is 25.2. The molecule has 11 heteroatoms. The van der Waals surface area contributed by atoms with Gasteiger partial charge in [0.1, 0.15) is 23.4 Å². The first-order valence-electron chi connectivity index (χ1n) is 11.5. The van der Waals surface area contributed by atoms with Gasteiger partial charge in [0.25, 0.3) is 0 Å². The normalized spacial score (nSPS) is 20.4. The van der Waals surface area contributed by atoms with Gasteiger partial charge in [0.05, 0.1) is 16.6 Å². The number of rotatable bonds is 5. The van der Waals surface area contributed by atoms with Crippen molar-refractivity contribution in [3.05, 3.63) is 108 Å². The molecule has 6 rings (SSSR count). The largest absolute Gasteiger partial charge is 0.489 e. The lowest BCUT2D eigenvalue weighted by Crippen LogP contribution is -2.32. The Bertz CT molecular complexity index is 1640. The fraction of sp³-hybridized carbons (Fsp3) is 0.148. The first-order chi connectivity index (χ1) is 18.3. The number of hydrogen-bond donors (Lipinski definition) is 1. The van der Waals surface area contributed by atoms with Crippen molar-refractivity contribution in [2.75, 3.05) is 4.90 Å². The fourth-order valence-electron chi connectivity index (χ4n) is 4.88. The zero-order valence-corrected chi connectivity index (χ0v) is 22.5. The highest BCUT2D eigenvalue weighted by Gasteiger charge is 2.56. The molecule has 2 amide bonds. The average Bonchev–Trinajstić information content (AvgIpc) is 3.38. The van der Waals surface area contributed by atoms with E-state index in [1.54, 1.807) is 30.3 Å². The van der Waals surface area contributed by atoms with Crippen LogP contribution in [0.3, 0.4) is 0 Å². The highest BCUT2D eigenvalue weighted by molar-refractivity contribution is 8.00. The summed E-state index contributed by atoms with van der Waals surface area (Å²) in [4.78, 5) is 44.1. The summed E-state index contributed by atoms with van der Waals surface area (Å²) in [5.74, 6) is -2.37. The Balaban J connectivity index is 1.45. The van der Waals surface area contributed by atoms with Gasteiger partial charge < -0.3 is 9.72 Å². The van der Waals surface area contributed by atoms with E-state index in [4.69, 9.17) is 27.9 Å². The van der Waals surface area contributed by atoms with Gasteiger partial charge >= 0.3 is 4.87 Å². The summed E-state index contributed by atoms with van der Waals surface area (Å²) < 4.78 is 19.7. The number of benzene rings is 3. The second-order valence-corrected chi connectivity index (χ2v) is 11.9. The van der Waals surface area contributed by atoms with Crippen molar-refractivity contribution in [2.45, 2.75) is 22.8 Å². The number of aromatic nitrogens is 1. The number of fused-ring (bicyclic) bond motifs is 2. The lowest BCUT2D eigenvalue weighted by atomic mass is 9.82. The summed E-state index contributed by atoms with van der Waals surface area (Å²) in [6, 6.07) is 17.6. The molecular weight excluding hydrogens is 570 g/mol. The number of thiazole rings is 1. The third kappa shape index (κ3) is 4.43. The summed E-state index contributed by atoms with van der Waals surface area (Å²) in [6.45, 7) is 0.204. The molecule has 2 aliphatic rings. The van der Waals surface area contributed by atoms with E-state index in [-0.39, 0.29) is 17.2 Å². The Morgan fingerprint density at radius 1 is 0.947 bits per heavy atom. The molecule has 2 aliphatic heterocycles. The smallest absolute Gasteiger partial charge is 0.305 e. The van der Waals surface area contributed by atoms with Crippen LogP contribution in [0, 0.1) is 11.7 Å². The highest BCUT2D eigenvalue weighted by Crippen LogP contribution is 2.54. The van der Waals surface area contributed by atoms with E-state index in [0.717, 1.165) is 33.6 Å². The number of amides is 2. The van der Waals surface area contributed by atoms with Crippen LogP contribution in [0.2, 0.25) is 10.0 Å². The number of carbonyl (C=O) groups excluding carboxylic acids is 2. The van der Waals surface area contributed by atoms with Gasteiger partial charge in [-0.1, -0.05) is 58.4 Å². The number of hydrogen-bond acceptors (Lipinski definition) is 6. The molecule has 1 aromatic heterocycles. The molecule has 4 aromatic rings. The zero-order chi connectivity index (χ0) is 26.6. The first-order valence-corrected chi connectivity index (χ1v) is 13.9. The van der Waals surface area contributed by atoms with Gasteiger partial charge in [0.2, 0.25) is 11.8 Å². The van der Waals surface area contributed by atoms with Crippen molar-refractivity contribution in [2.24, 2.45) is 5.92 Å². The van der Waals surface area contributed by atoms with Crippen LogP contribution in [0.25, 0.3) is 0 Å². The molecule has 0 spiro atoms. The predicted molar refractivity (Wildman–Crippen MR) is 146 cm³/mol. The number of aromatic amines is 1. The number of halogens is 3. The molecular formula is C27H17Cl2FN2O4S2. The lowest BCUT2D eigenvalue weighted by Gasteiger charge is -2.31. The maximum absolute atomic E-state index is 13.9. The van der Waals surface area contributed by atoms with Crippen LogP contribution in [0.4, 0.5) is 10.1 Å². The monoisotopic (exact) mass is 586 g/mol. The summed E-state index contributed by atoms with van der Waals surface area (Å²) in [7, 11) is 0. The Kier molecular flexibility index (Phi) is 6.55. The lowest BCUT2D eigenvalue weighted by molar-refractivity contribution is -0.122. The number of imide groups is 1. The van der Waals surface area contributed by atoms with Gasteiger partial charge in [-0.2, -0.15) is 0 Å². The van der Waals surface area contributed by atoms with Gasteiger partial charge in [-0.05, 0) is 60.2 Å². The molecule has 0 radical (unpaired) electrons. The maximum atomic E-state index is 13.9. The fourth-order valence-corrected chi connectivity index (χ4v) is 7.78. The van der Waals surface area contributed by atoms with Crippen LogP contribution in [0.5, 0.6) is 5.75 Å². The minimum Gasteiger partial charge on any atom is -0.489 e. The van der Waals surface area contributed by atoms with E-state index in [9.17, 15) is 18.8 Å². The van der Waals surface area contributed by atoms with E-state index >= 15 is 0 Å². The van der Waals surface area contributed by atoms with Crippen LogP contribution in [0.15, 0.2) is 76.6 Å². The number of H-pyrrole nitrogens is 1. The van der Waals surface area contributed by atoms with E-state index < -0.39 is 34.7 Å². The molecule has 3 aromatic carbocycles. The quantitative estimate of drug-likeness (QED) is 0.279. The number of nitrogens with one attached hydrogen (secondary N) is 1. The molecule has 1 N–H and O–H groups in total. The molecule has 0 bridgehead atoms. The summed E-state index contributed by atoms with van der Waals surface area (Å²) >= 11 is 14.7. The molecule has 0 unspecified atom stereocenters. The van der Waals surface area contributed by atoms with E-state index in [1.807, 2.05) is 12.1 Å². The number of carbonyl (C=O) groups is 2. The van der Waals surface area contributed by atoms with E-state index in [2.05, 4.69) is 4.98 Å². The molecule has 1 fully saturated rings. The maximum Gasteiger partial charge on any atom is 0.305 e. The third-order valence-corrected chi connectivity index (χ3v) is 9.37. The molecule has 38 heavy (non-hydrogen) atoms. The minimum absolute atomic E-state index is 0.204. The SMILES string of the molecule is O=C1[C@H]2[C@H](c3cc(Cl)ccc3OCc3cccc(Cl)c3)c3sc(=O)[nH]c3S[C@H]2C(=O)N1c1ccc(F)cc1. The van der Waals surface area contributed by atoms with Gasteiger partial charge in [-0.15, -0.1) is 0 Å². The Labute approximate surface area is 234 Å². The molecule has 3 atom stereocenters. The van der Waals surface area contributed by atoms with Gasteiger partial charge in [-0.3, -0.25) is 14.4 Å². The van der Waals surface area contributed by atoms with Crippen LogP contribution < -0.4 is 14.5 Å². The van der Waals surface area contributed by atoms with Gasteiger partial charge in [0, 0.05) is 26.4 Å². The Morgan fingerprint density at radius 3 is 2.47 bits per heavy atom. The summed E-state index contributed by atoms with van der Waals surface area (Å²) in [5, 5.41) is 0.734. The van der Waals surface area contributed by atoms with Crippen LogP contribution in [0.1, 0.15) is 21.9 Å². The van der Waals surface area contributed by atoms with Crippen molar-refractivity contribution < 1.29 is 18.7 Å². The second-order valence-electron chi connectivity index (χ2n) is 8.84. The van der Waals surface area contributed by atoms with Crippen molar-refractivity contribution in [1.82, 2.24) is 4.98 Å². The number of thioether (sulfide) groups is 1. The molecule has 0 saturated carbocycles. The Morgan fingerprint density at radius 2 is 1.71 bits per heavy atom. The van der Waals surface area contributed by atoms with Gasteiger partial charge in [-0.25, -0.2) is 9.29 Å². The molecule has 6 nitrogen and oxygen atoms in total. The minimum atomic E-state index is -0.830. The Hall–Kier alpha value is -3.11. The molecule has 1 saturated heterocycles. The van der Waals surface area contributed by atoms with Crippen LogP contribution >= 0.6 is 46.3 Å². The second kappa shape index (κ2) is 9.89. The molecule has 0 aliphatic carbocycles.